The second-order valence-electron chi connectivity index (χ2n) is 5.46. The molecule has 104 valence electrons. The van der Waals surface area contributed by atoms with Crippen molar-refractivity contribution in [3.63, 3.8) is 0 Å². The predicted octanol–water partition coefficient (Wildman–Crippen LogP) is 3.04. The lowest BCUT2D eigenvalue weighted by Crippen LogP contribution is -2.41. The van der Waals surface area contributed by atoms with Crippen LogP contribution in [0.25, 0.3) is 4.96 Å². The Kier molecular flexibility index (Phi) is 3.31. The van der Waals surface area contributed by atoms with E-state index in [9.17, 15) is 4.39 Å². The summed E-state index contributed by atoms with van der Waals surface area (Å²) in [5.41, 5.74) is 8.00. The van der Waals surface area contributed by atoms with E-state index in [1.54, 1.807) is 23.5 Å². The molecular weight excluding hydrogens is 273 g/mol. The minimum atomic E-state index is -0.401. The number of imidazole rings is 1. The highest BCUT2D eigenvalue weighted by molar-refractivity contribution is 7.15. The molecule has 3 rings (SSSR count). The third kappa shape index (κ3) is 2.89. The molecule has 2 N–H and O–H groups in total. The van der Waals surface area contributed by atoms with Gasteiger partial charge in [0.2, 0.25) is 0 Å². The normalized spacial score (nSPS) is 14.6. The topological polar surface area (TPSA) is 43.3 Å². The minimum absolute atomic E-state index is 0.221. The molecule has 1 unspecified atom stereocenters. The molecule has 1 atom stereocenters. The first kappa shape index (κ1) is 13.3. The summed E-state index contributed by atoms with van der Waals surface area (Å²) >= 11 is 1.61. The van der Waals surface area contributed by atoms with Crippen molar-refractivity contribution >= 4 is 16.3 Å². The highest BCUT2D eigenvalue weighted by Crippen LogP contribution is 2.18. The molecule has 2 aromatic heterocycles. The third-order valence-corrected chi connectivity index (χ3v) is 4.02. The fourth-order valence-corrected chi connectivity index (χ4v) is 3.13. The minimum Gasteiger partial charge on any atom is -0.325 e. The van der Waals surface area contributed by atoms with Crippen LogP contribution in [0, 0.1) is 5.82 Å². The quantitative estimate of drug-likeness (QED) is 0.802. The lowest BCUT2D eigenvalue weighted by Gasteiger charge is -2.23. The molecule has 0 saturated heterocycles. The van der Waals surface area contributed by atoms with E-state index in [1.165, 1.54) is 12.1 Å². The van der Waals surface area contributed by atoms with Gasteiger partial charge in [0.05, 0.1) is 5.69 Å². The highest BCUT2D eigenvalue weighted by atomic mass is 32.1. The van der Waals surface area contributed by atoms with Crippen LogP contribution in [0.5, 0.6) is 0 Å². The van der Waals surface area contributed by atoms with Crippen LogP contribution in [0.15, 0.2) is 42.0 Å². The zero-order valence-electron chi connectivity index (χ0n) is 11.2. The maximum absolute atomic E-state index is 12.9. The van der Waals surface area contributed by atoms with Gasteiger partial charge >= 0.3 is 0 Å². The number of thiazole rings is 1. The van der Waals surface area contributed by atoms with Crippen molar-refractivity contribution in [2.45, 2.75) is 25.3 Å². The molecule has 2 heterocycles. The number of hydrogen-bond acceptors (Lipinski definition) is 3. The van der Waals surface area contributed by atoms with Crippen molar-refractivity contribution in [2.75, 3.05) is 0 Å². The second-order valence-corrected chi connectivity index (χ2v) is 6.33. The van der Waals surface area contributed by atoms with Crippen LogP contribution in [-0.4, -0.2) is 14.9 Å². The average Bonchev–Trinajstić information content (AvgIpc) is 2.92. The first-order valence-electron chi connectivity index (χ1n) is 6.46. The van der Waals surface area contributed by atoms with E-state index in [-0.39, 0.29) is 5.82 Å². The van der Waals surface area contributed by atoms with Gasteiger partial charge in [0, 0.05) is 29.7 Å². The van der Waals surface area contributed by atoms with Crippen molar-refractivity contribution in [3.05, 3.63) is 59.1 Å². The number of aromatic nitrogens is 2. The second kappa shape index (κ2) is 5.00. The lowest BCUT2D eigenvalue weighted by molar-refractivity contribution is 0.458. The molecule has 3 aromatic rings. The van der Waals surface area contributed by atoms with Crippen LogP contribution in [0.3, 0.4) is 0 Å². The average molecular weight is 289 g/mol. The summed E-state index contributed by atoms with van der Waals surface area (Å²) in [5, 5.41) is 2.01. The number of fused-ring (bicyclic) bond motifs is 1. The van der Waals surface area contributed by atoms with Gasteiger partial charge in [0.25, 0.3) is 0 Å². The molecule has 0 amide bonds. The molecule has 0 radical (unpaired) electrons. The van der Waals surface area contributed by atoms with Crippen molar-refractivity contribution in [1.82, 2.24) is 9.38 Å². The molecule has 5 heteroatoms. The Hall–Kier alpha value is -1.72. The van der Waals surface area contributed by atoms with Gasteiger partial charge in [-0.3, -0.25) is 4.40 Å². The number of halogens is 1. The molecule has 1 aromatic carbocycles. The van der Waals surface area contributed by atoms with Crippen LogP contribution in [0.4, 0.5) is 4.39 Å². The van der Waals surface area contributed by atoms with Gasteiger partial charge in [0.1, 0.15) is 5.82 Å². The van der Waals surface area contributed by atoms with Crippen molar-refractivity contribution in [1.29, 1.82) is 0 Å². The van der Waals surface area contributed by atoms with Crippen LogP contribution >= 0.6 is 11.3 Å². The Morgan fingerprint density at radius 2 is 2.05 bits per heavy atom. The summed E-state index contributed by atoms with van der Waals surface area (Å²) in [4.78, 5) is 5.54. The SMILES string of the molecule is CC(N)(Cc1ccc(F)cc1)Cc1cn2ccsc2n1. The van der Waals surface area contributed by atoms with E-state index in [4.69, 9.17) is 5.73 Å². The summed E-state index contributed by atoms with van der Waals surface area (Å²) in [6, 6.07) is 6.51. The molecule has 0 bridgehead atoms. The van der Waals surface area contributed by atoms with Crippen molar-refractivity contribution in [3.8, 4) is 0 Å². The van der Waals surface area contributed by atoms with Crippen molar-refractivity contribution < 1.29 is 4.39 Å². The Morgan fingerprint density at radius 3 is 2.75 bits per heavy atom. The number of nitrogens with two attached hydrogens (primary N) is 1. The standard InChI is InChI=1S/C15H16FN3S/c1-15(17,8-11-2-4-12(16)5-3-11)9-13-10-19-6-7-20-14(19)18-13/h2-7,10H,8-9,17H2,1H3. The zero-order valence-corrected chi connectivity index (χ0v) is 12.0. The van der Waals surface area contributed by atoms with Crippen LogP contribution in [0.2, 0.25) is 0 Å². The summed E-state index contributed by atoms with van der Waals surface area (Å²) in [6.45, 7) is 2.00. The van der Waals surface area contributed by atoms with Gasteiger partial charge in [-0.25, -0.2) is 9.37 Å². The van der Waals surface area contributed by atoms with E-state index in [0.717, 1.165) is 16.2 Å². The monoisotopic (exact) mass is 289 g/mol. The van der Waals surface area contributed by atoms with E-state index in [1.807, 2.05) is 29.1 Å². The fraction of sp³-hybridized carbons (Fsp3) is 0.267. The Balaban J connectivity index is 1.74. The van der Waals surface area contributed by atoms with Crippen molar-refractivity contribution in [2.24, 2.45) is 5.73 Å². The number of rotatable bonds is 4. The first-order valence-corrected chi connectivity index (χ1v) is 7.34. The lowest BCUT2D eigenvalue weighted by atomic mass is 9.89. The fourth-order valence-electron chi connectivity index (χ4n) is 2.41. The molecule has 0 saturated carbocycles. The van der Waals surface area contributed by atoms with Gasteiger partial charge < -0.3 is 5.73 Å². The van der Waals surface area contributed by atoms with E-state index < -0.39 is 5.54 Å². The molecule has 0 spiro atoms. The Bertz CT molecular complexity index is 684. The molecule has 0 aliphatic heterocycles. The largest absolute Gasteiger partial charge is 0.325 e. The summed E-state index contributed by atoms with van der Waals surface area (Å²) in [7, 11) is 0. The van der Waals surface area contributed by atoms with Gasteiger partial charge in [-0.05, 0) is 31.0 Å². The van der Waals surface area contributed by atoms with Gasteiger partial charge in [-0.2, -0.15) is 0 Å². The number of nitrogens with zero attached hydrogens (tertiary/aromatic N) is 2. The smallest absolute Gasteiger partial charge is 0.193 e. The van der Waals surface area contributed by atoms with Crippen LogP contribution in [0.1, 0.15) is 18.2 Å². The molecule has 20 heavy (non-hydrogen) atoms. The summed E-state index contributed by atoms with van der Waals surface area (Å²) in [5.74, 6) is -0.221. The van der Waals surface area contributed by atoms with E-state index in [2.05, 4.69) is 4.98 Å². The van der Waals surface area contributed by atoms with Crippen LogP contribution < -0.4 is 5.73 Å². The molecule has 3 nitrogen and oxygen atoms in total. The molecule has 0 aliphatic carbocycles. The Labute approximate surface area is 120 Å². The molecular formula is C15H16FN3S. The predicted molar refractivity (Wildman–Crippen MR) is 79.5 cm³/mol. The van der Waals surface area contributed by atoms with Gasteiger partial charge in [-0.1, -0.05) is 12.1 Å². The molecule has 0 aliphatic rings. The Morgan fingerprint density at radius 1 is 1.30 bits per heavy atom. The highest BCUT2D eigenvalue weighted by Gasteiger charge is 2.21. The van der Waals surface area contributed by atoms with Gasteiger partial charge in [0.15, 0.2) is 4.96 Å². The van der Waals surface area contributed by atoms with Gasteiger partial charge in [-0.15, -0.1) is 11.3 Å². The van der Waals surface area contributed by atoms with E-state index in [0.29, 0.717) is 12.8 Å². The van der Waals surface area contributed by atoms with Crippen LogP contribution in [-0.2, 0) is 12.8 Å². The first-order chi connectivity index (χ1) is 9.52. The number of benzene rings is 1. The maximum atomic E-state index is 12.9. The maximum Gasteiger partial charge on any atom is 0.193 e. The van der Waals surface area contributed by atoms with E-state index >= 15 is 0 Å². The molecule has 0 fully saturated rings. The summed E-state index contributed by atoms with van der Waals surface area (Å²) < 4.78 is 14.9. The zero-order chi connectivity index (χ0) is 14.2. The summed E-state index contributed by atoms with van der Waals surface area (Å²) in [6.07, 6.45) is 5.39. The third-order valence-electron chi connectivity index (χ3n) is 3.25. The number of hydrogen-bond donors (Lipinski definition) is 1.